The van der Waals surface area contributed by atoms with Crippen molar-refractivity contribution in [1.29, 1.82) is 0 Å². The molecular weight excluding hydrogens is 182 g/mol. The number of aromatic nitrogens is 2. The second-order valence-corrected chi connectivity index (χ2v) is 3.29. The van der Waals surface area contributed by atoms with E-state index in [2.05, 4.69) is 10.1 Å². The molecule has 5 nitrogen and oxygen atoms in total. The first-order valence-corrected chi connectivity index (χ1v) is 4.50. The summed E-state index contributed by atoms with van der Waals surface area (Å²) in [6.07, 6.45) is 4.44. The van der Waals surface area contributed by atoms with Gasteiger partial charge in [-0.25, -0.2) is 4.98 Å². The van der Waals surface area contributed by atoms with E-state index in [9.17, 15) is 0 Å². The van der Waals surface area contributed by atoms with Crippen molar-refractivity contribution in [2.75, 3.05) is 13.7 Å². The number of hydrogen-bond donors (Lipinski definition) is 0. The van der Waals surface area contributed by atoms with Crippen molar-refractivity contribution >= 4 is 5.71 Å². The maximum atomic E-state index is 5.19. The first-order valence-electron chi connectivity index (χ1n) is 4.50. The van der Waals surface area contributed by atoms with Crippen LogP contribution in [-0.2, 0) is 16.6 Å². The Balaban J connectivity index is 2.05. The first kappa shape index (κ1) is 9.21. The minimum Gasteiger partial charge on any atom is -0.389 e. The van der Waals surface area contributed by atoms with Gasteiger partial charge in [0.05, 0.1) is 6.61 Å². The van der Waals surface area contributed by atoms with Gasteiger partial charge in [0, 0.05) is 33.0 Å². The van der Waals surface area contributed by atoms with Crippen LogP contribution in [0.25, 0.3) is 0 Å². The fraction of sp³-hybridized carbons (Fsp3) is 0.556. The number of aryl methyl sites for hydroxylation is 1. The van der Waals surface area contributed by atoms with Crippen LogP contribution in [0.4, 0.5) is 0 Å². The van der Waals surface area contributed by atoms with Crippen LogP contribution in [0.5, 0.6) is 0 Å². The van der Waals surface area contributed by atoms with Crippen molar-refractivity contribution < 1.29 is 9.57 Å². The van der Waals surface area contributed by atoms with E-state index in [1.54, 1.807) is 13.3 Å². The molecule has 0 aliphatic carbocycles. The molecule has 5 heteroatoms. The first-order chi connectivity index (χ1) is 6.81. The van der Waals surface area contributed by atoms with E-state index >= 15 is 0 Å². The molecule has 2 heterocycles. The van der Waals surface area contributed by atoms with Crippen LogP contribution < -0.4 is 0 Å². The minimum atomic E-state index is 0.0340. The van der Waals surface area contributed by atoms with Crippen molar-refractivity contribution in [2.45, 2.75) is 12.5 Å². The molecule has 0 N–H and O–H groups in total. The van der Waals surface area contributed by atoms with Crippen LogP contribution in [0.15, 0.2) is 17.5 Å². The van der Waals surface area contributed by atoms with Gasteiger partial charge in [-0.1, -0.05) is 5.16 Å². The fourth-order valence-corrected chi connectivity index (χ4v) is 1.48. The summed E-state index contributed by atoms with van der Waals surface area (Å²) in [5.74, 6) is 0.864. The molecule has 1 unspecified atom stereocenters. The average molecular weight is 195 g/mol. The van der Waals surface area contributed by atoms with Crippen LogP contribution in [0, 0.1) is 0 Å². The monoisotopic (exact) mass is 195 g/mol. The predicted molar refractivity (Wildman–Crippen MR) is 51.1 cm³/mol. The zero-order valence-electron chi connectivity index (χ0n) is 8.30. The molecular formula is C9H13N3O2. The number of hydrogen-bond acceptors (Lipinski definition) is 4. The van der Waals surface area contributed by atoms with Gasteiger partial charge < -0.3 is 14.1 Å². The molecule has 2 rings (SSSR count). The Hall–Kier alpha value is -1.36. The zero-order chi connectivity index (χ0) is 9.97. The van der Waals surface area contributed by atoms with E-state index in [-0.39, 0.29) is 6.10 Å². The van der Waals surface area contributed by atoms with Crippen molar-refractivity contribution in [1.82, 2.24) is 9.55 Å². The van der Waals surface area contributed by atoms with Crippen molar-refractivity contribution in [3.63, 3.8) is 0 Å². The minimum absolute atomic E-state index is 0.0340. The van der Waals surface area contributed by atoms with Gasteiger partial charge in [0.25, 0.3) is 0 Å². The molecule has 0 aromatic carbocycles. The summed E-state index contributed by atoms with van der Waals surface area (Å²) in [7, 11) is 3.59. The summed E-state index contributed by atoms with van der Waals surface area (Å²) in [5, 5.41) is 3.99. The van der Waals surface area contributed by atoms with E-state index in [1.165, 1.54) is 0 Å². The van der Waals surface area contributed by atoms with Gasteiger partial charge in [-0.15, -0.1) is 0 Å². The molecule has 14 heavy (non-hydrogen) atoms. The highest BCUT2D eigenvalue weighted by Crippen LogP contribution is 2.15. The van der Waals surface area contributed by atoms with Crippen LogP contribution >= 0.6 is 0 Å². The molecule has 0 saturated heterocycles. The molecule has 1 aliphatic rings. The lowest BCUT2D eigenvalue weighted by Gasteiger charge is -2.04. The lowest BCUT2D eigenvalue weighted by atomic mass is 10.2. The molecule has 0 saturated carbocycles. The highest BCUT2D eigenvalue weighted by atomic mass is 16.7. The third-order valence-corrected chi connectivity index (χ3v) is 2.16. The third-order valence-electron chi connectivity index (χ3n) is 2.16. The summed E-state index contributed by atoms with van der Waals surface area (Å²) in [6.45, 7) is 0.567. The summed E-state index contributed by atoms with van der Waals surface area (Å²) in [5.41, 5.74) is 0.888. The molecule has 1 aliphatic heterocycles. The Kier molecular flexibility index (Phi) is 2.49. The quantitative estimate of drug-likeness (QED) is 0.708. The smallest absolute Gasteiger partial charge is 0.157 e. The van der Waals surface area contributed by atoms with Crippen LogP contribution in [0.1, 0.15) is 12.2 Å². The van der Waals surface area contributed by atoms with Gasteiger partial charge in [-0.05, 0) is 0 Å². The Labute approximate surface area is 82.3 Å². The molecule has 0 radical (unpaired) electrons. The highest BCUT2D eigenvalue weighted by molar-refractivity contribution is 5.98. The Morgan fingerprint density at radius 1 is 1.71 bits per heavy atom. The highest BCUT2D eigenvalue weighted by Gasteiger charge is 2.24. The van der Waals surface area contributed by atoms with E-state index in [0.717, 1.165) is 18.0 Å². The van der Waals surface area contributed by atoms with Gasteiger partial charge in [-0.3, -0.25) is 0 Å². The largest absolute Gasteiger partial charge is 0.389 e. The summed E-state index contributed by atoms with van der Waals surface area (Å²) in [4.78, 5) is 9.40. The topological polar surface area (TPSA) is 48.6 Å². The summed E-state index contributed by atoms with van der Waals surface area (Å²) >= 11 is 0. The van der Waals surface area contributed by atoms with E-state index < -0.39 is 0 Å². The number of methoxy groups -OCH3 is 1. The molecule has 1 aromatic heterocycles. The van der Waals surface area contributed by atoms with Crippen LogP contribution in [0.2, 0.25) is 0 Å². The zero-order valence-corrected chi connectivity index (χ0v) is 8.30. The second-order valence-electron chi connectivity index (χ2n) is 3.29. The Morgan fingerprint density at radius 3 is 3.21 bits per heavy atom. The number of oxime groups is 1. The normalized spacial score (nSPS) is 20.7. The summed E-state index contributed by atoms with van der Waals surface area (Å²) < 4.78 is 6.92. The lowest BCUT2D eigenvalue weighted by Crippen LogP contribution is -2.16. The average Bonchev–Trinajstić information content (AvgIpc) is 2.74. The number of imidazole rings is 1. The number of ether oxygens (including phenoxy) is 1. The maximum absolute atomic E-state index is 5.19. The third kappa shape index (κ3) is 1.63. The standard InChI is InChI=1S/C9H13N3O2/c1-12-4-3-10-9(12)8-5-7(6-13-2)14-11-8/h3-4,7H,5-6H2,1-2H3. The van der Waals surface area contributed by atoms with Crippen LogP contribution in [-0.4, -0.2) is 35.1 Å². The fourth-order valence-electron chi connectivity index (χ4n) is 1.48. The van der Waals surface area contributed by atoms with Gasteiger partial charge >= 0.3 is 0 Å². The molecule has 76 valence electrons. The molecule has 1 aromatic rings. The predicted octanol–water partition coefficient (Wildman–Crippen LogP) is 0.559. The van der Waals surface area contributed by atoms with E-state index in [4.69, 9.17) is 9.57 Å². The number of rotatable bonds is 3. The molecule has 1 atom stereocenters. The molecule has 0 bridgehead atoms. The van der Waals surface area contributed by atoms with Crippen molar-refractivity contribution in [2.24, 2.45) is 12.2 Å². The number of nitrogens with zero attached hydrogens (tertiary/aromatic N) is 3. The van der Waals surface area contributed by atoms with Crippen molar-refractivity contribution in [3.8, 4) is 0 Å². The van der Waals surface area contributed by atoms with E-state index in [1.807, 2.05) is 17.8 Å². The van der Waals surface area contributed by atoms with Crippen LogP contribution in [0.3, 0.4) is 0 Å². The molecule has 0 amide bonds. The van der Waals surface area contributed by atoms with Gasteiger partial charge in [0.15, 0.2) is 11.9 Å². The van der Waals surface area contributed by atoms with Gasteiger partial charge in [0.2, 0.25) is 0 Å². The maximum Gasteiger partial charge on any atom is 0.157 e. The Morgan fingerprint density at radius 2 is 2.57 bits per heavy atom. The SMILES string of the molecule is COCC1CC(c2nccn2C)=NO1. The van der Waals surface area contributed by atoms with Crippen molar-refractivity contribution in [3.05, 3.63) is 18.2 Å². The molecule has 0 spiro atoms. The van der Waals surface area contributed by atoms with Gasteiger partial charge in [0.1, 0.15) is 5.71 Å². The second kappa shape index (κ2) is 3.79. The van der Waals surface area contributed by atoms with E-state index in [0.29, 0.717) is 6.61 Å². The lowest BCUT2D eigenvalue weighted by molar-refractivity contribution is 0.0208. The van der Waals surface area contributed by atoms with Gasteiger partial charge in [-0.2, -0.15) is 0 Å². The Bertz CT molecular complexity index is 346. The summed E-state index contributed by atoms with van der Waals surface area (Å²) in [6, 6.07) is 0. The molecule has 0 fully saturated rings.